The van der Waals surface area contributed by atoms with Crippen LogP contribution in [0.2, 0.25) is 0 Å². The van der Waals surface area contributed by atoms with Crippen molar-refractivity contribution in [3.8, 4) is 0 Å². The number of Topliss-reactive ketones (excluding diaryl/α,β-unsaturated/α-hetero) is 1. The van der Waals surface area contributed by atoms with Crippen LogP contribution < -0.4 is 5.32 Å². The molecule has 0 spiro atoms. The predicted molar refractivity (Wildman–Crippen MR) is 65.9 cm³/mol. The summed E-state index contributed by atoms with van der Waals surface area (Å²) < 4.78 is 14.1. The fraction of sp³-hybridized carbons (Fsp3) is 0.250. The number of carbonyl (C=O) groups excluding carboxylic acids is 1. The van der Waals surface area contributed by atoms with Gasteiger partial charge in [-0.15, -0.1) is 6.58 Å². The molecule has 4 heteroatoms. The minimum absolute atomic E-state index is 0.0427. The van der Waals surface area contributed by atoms with Crippen LogP contribution in [0.3, 0.4) is 0 Å². The fourth-order valence-corrected chi connectivity index (χ4v) is 1.68. The summed E-state index contributed by atoms with van der Waals surface area (Å²) in [6.07, 6.45) is 1.78. The Morgan fingerprint density at radius 2 is 2.31 bits per heavy atom. The van der Waals surface area contributed by atoms with E-state index in [1.807, 2.05) is 0 Å². The average Bonchev–Trinajstić information content (AvgIpc) is 2.24. The molecule has 0 aliphatic carbocycles. The largest absolute Gasteiger partial charge is 0.307 e. The van der Waals surface area contributed by atoms with Crippen molar-refractivity contribution in [2.75, 3.05) is 13.1 Å². The van der Waals surface area contributed by atoms with Gasteiger partial charge in [-0.1, -0.05) is 22.0 Å². The Bertz CT molecular complexity index is 393. The summed E-state index contributed by atoms with van der Waals surface area (Å²) in [5.74, 6) is -0.390. The summed E-state index contributed by atoms with van der Waals surface area (Å²) in [7, 11) is 0. The summed E-state index contributed by atoms with van der Waals surface area (Å²) in [6.45, 7) is 4.34. The maximum Gasteiger partial charge on any atom is 0.151 e. The molecule has 0 aliphatic rings. The highest BCUT2D eigenvalue weighted by Crippen LogP contribution is 2.16. The lowest BCUT2D eigenvalue weighted by Gasteiger charge is -2.04. The lowest BCUT2D eigenvalue weighted by molar-refractivity contribution is -0.117. The molecular weight excluding hydrogens is 273 g/mol. The molecule has 0 saturated heterocycles. The second-order valence-electron chi connectivity index (χ2n) is 3.37. The minimum atomic E-state index is -0.347. The number of nitrogens with one attached hydrogen (secondary N) is 1. The normalized spacial score (nSPS) is 10.1. The van der Waals surface area contributed by atoms with E-state index in [1.165, 1.54) is 6.07 Å². The summed E-state index contributed by atoms with van der Waals surface area (Å²) in [6, 6.07) is 4.59. The number of ketones is 1. The van der Waals surface area contributed by atoms with E-state index in [0.29, 0.717) is 12.1 Å². The van der Waals surface area contributed by atoms with E-state index >= 15 is 0 Å². The first-order chi connectivity index (χ1) is 7.63. The molecular formula is C12H13BrFNO. The molecule has 0 radical (unpaired) electrons. The van der Waals surface area contributed by atoms with Crippen LogP contribution in [-0.2, 0) is 11.2 Å². The van der Waals surface area contributed by atoms with E-state index in [4.69, 9.17) is 0 Å². The third kappa shape index (κ3) is 4.24. The maximum absolute atomic E-state index is 13.3. The molecule has 1 aromatic carbocycles. The van der Waals surface area contributed by atoms with Crippen molar-refractivity contribution in [3.05, 3.63) is 46.7 Å². The van der Waals surface area contributed by atoms with Gasteiger partial charge in [-0.3, -0.25) is 4.79 Å². The topological polar surface area (TPSA) is 29.1 Å². The van der Waals surface area contributed by atoms with Crippen LogP contribution in [0.5, 0.6) is 0 Å². The quantitative estimate of drug-likeness (QED) is 0.643. The fourth-order valence-electron chi connectivity index (χ4n) is 1.27. The van der Waals surface area contributed by atoms with Gasteiger partial charge in [0.1, 0.15) is 5.82 Å². The van der Waals surface area contributed by atoms with E-state index in [9.17, 15) is 9.18 Å². The Labute approximate surface area is 103 Å². The number of rotatable bonds is 6. The van der Waals surface area contributed by atoms with Crippen LogP contribution in [0.25, 0.3) is 0 Å². The van der Waals surface area contributed by atoms with Crippen molar-refractivity contribution in [1.29, 1.82) is 0 Å². The van der Waals surface area contributed by atoms with E-state index in [0.717, 1.165) is 4.47 Å². The summed E-state index contributed by atoms with van der Waals surface area (Å²) in [5, 5.41) is 2.89. The number of halogens is 2. The van der Waals surface area contributed by atoms with Gasteiger partial charge in [0.15, 0.2) is 5.78 Å². The van der Waals surface area contributed by atoms with E-state index in [-0.39, 0.29) is 24.6 Å². The van der Waals surface area contributed by atoms with Gasteiger partial charge in [0.2, 0.25) is 0 Å². The molecule has 0 fully saturated rings. The van der Waals surface area contributed by atoms with Gasteiger partial charge in [-0.2, -0.15) is 0 Å². The lowest BCUT2D eigenvalue weighted by Crippen LogP contribution is -2.24. The smallest absolute Gasteiger partial charge is 0.151 e. The molecule has 0 amide bonds. The standard InChI is InChI=1S/C12H13BrFNO/c1-2-5-15-8-11(16)7-9-6-10(13)3-4-12(9)14/h2-4,6,15H,1,5,7-8H2. The number of hydrogen-bond acceptors (Lipinski definition) is 2. The van der Waals surface area contributed by atoms with Crippen molar-refractivity contribution in [2.24, 2.45) is 0 Å². The molecule has 16 heavy (non-hydrogen) atoms. The van der Waals surface area contributed by atoms with Gasteiger partial charge >= 0.3 is 0 Å². The van der Waals surface area contributed by atoms with Crippen molar-refractivity contribution in [2.45, 2.75) is 6.42 Å². The Hall–Kier alpha value is -1.00. The van der Waals surface area contributed by atoms with Gasteiger partial charge in [0.25, 0.3) is 0 Å². The third-order valence-electron chi connectivity index (χ3n) is 2.01. The van der Waals surface area contributed by atoms with Crippen LogP contribution >= 0.6 is 15.9 Å². The van der Waals surface area contributed by atoms with Crippen LogP contribution in [0.1, 0.15) is 5.56 Å². The van der Waals surface area contributed by atoms with Crippen molar-refractivity contribution in [3.63, 3.8) is 0 Å². The Morgan fingerprint density at radius 1 is 1.56 bits per heavy atom. The van der Waals surface area contributed by atoms with Gasteiger partial charge < -0.3 is 5.32 Å². The molecule has 0 aliphatic heterocycles. The van der Waals surface area contributed by atoms with Gasteiger partial charge in [0.05, 0.1) is 6.54 Å². The molecule has 1 rings (SSSR count). The molecule has 2 nitrogen and oxygen atoms in total. The molecule has 0 saturated carbocycles. The van der Waals surface area contributed by atoms with Crippen molar-refractivity contribution in [1.82, 2.24) is 5.32 Å². The average molecular weight is 286 g/mol. The highest BCUT2D eigenvalue weighted by Gasteiger charge is 2.08. The van der Waals surface area contributed by atoms with Crippen molar-refractivity contribution < 1.29 is 9.18 Å². The van der Waals surface area contributed by atoms with E-state index in [2.05, 4.69) is 27.8 Å². The van der Waals surface area contributed by atoms with E-state index < -0.39 is 0 Å². The SMILES string of the molecule is C=CCNCC(=O)Cc1cc(Br)ccc1F. The summed E-state index contributed by atoms with van der Waals surface area (Å²) >= 11 is 3.24. The highest BCUT2D eigenvalue weighted by molar-refractivity contribution is 9.10. The van der Waals surface area contributed by atoms with Crippen LogP contribution in [-0.4, -0.2) is 18.9 Å². The molecule has 86 valence electrons. The van der Waals surface area contributed by atoms with Crippen LogP contribution in [0, 0.1) is 5.82 Å². The van der Waals surface area contributed by atoms with Gasteiger partial charge in [0, 0.05) is 17.4 Å². The van der Waals surface area contributed by atoms with Gasteiger partial charge in [-0.05, 0) is 23.8 Å². The Kier molecular flexibility index (Phi) is 5.35. The Balaban J connectivity index is 2.55. The first-order valence-corrected chi connectivity index (χ1v) is 5.70. The molecule has 1 aromatic rings. The maximum atomic E-state index is 13.3. The molecule has 0 heterocycles. The number of carbonyl (C=O) groups is 1. The summed E-state index contributed by atoms with van der Waals surface area (Å²) in [4.78, 5) is 11.5. The first kappa shape index (κ1) is 13.1. The van der Waals surface area contributed by atoms with Gasteiger partial charge in [-0.25, -0.2) is 4.39 Å². The molecule has 0 unspecified atom stereocenters. The predicted octanol–water partition coefficient (Wildman–Crippen LogP) is 2.48. The monoisotopic (exact) mass is 285 g/mol. The molecule has 0 bridgehead atoms. The van der Waals surface area contributed by atoms with E-state index in [1.54, 1.807) is 18.2 Å². The molecule has 0 atom stereocenters. The van der Waals surface area contributed by atoms with Crippen molar-refractivity contribution >= 4 is 21.7 Å². The minimum Gasteiger partial charge on any atom is -0.307 e. The zero-order chi connectivity index (χ0) is 12.0. The zero-order valence-electron chi connectivity index (χ0n) is 8.80. The number of hydrogen-bond donors (Lipinski definition) is 1. The van der Waals surface area contributed by atoms with Crippen LogP contribution in [0.4, 0.5) is 4.39 Å². The molecule has 0 aromatic heterocycles. The second kappa shape index (κ2) is 6.55. The zero-order valence-corrected chi connectivity index (χ0v) is 10.4. The Morgan fingerprint density at radius 3 is 3.00 bits per heavy atom. The second-order valence-corrected chi connectivity index (χ2v) is 4.29. The highest BCUT2D eigenvalue weighted by atomic mass is 79.9. The first-order valence-electron chi connectivity index (χ1n) is 4.90. The summed E-state index contributed by atoms with van der Waals surface area (Å²) in [5.41, 5.74) is 0.416. The third-order valence-corrected chi connectivity index (χ3v) is 2.50. The number of benzene rings is 1. The lowest BCUT2D eigenvalue weighted by atomic mass is 10.1. The van der Waals surface area contributed by atoms with Crippen LogP contribution in [0.15, 0.2) is 35.3 Å². The molecule has 1 N–H and O–H groups in total.